The van der Waals surface area contributed by atoms with Crippen LogP contribution in [0.3, 0.4) is 0 Å². The molecule has 3 rings (SSSR count). The maximum Gasteiger partial charge on any atom is 0.244 e. The SMILES string of the molecule is COc1ccc(S(=O)(=O)N2CCSC2c2ccncc2)cc1. The van der Waals surface area contributed by atoms with Crippen molar-refractivity contribution in [1.29, 1.82) is 0 Å². The first-order valence-electron chi connectivity index (χ1n) is 6.80. The van der Waals surface area contributed by atoms with E-state index in [1.165, 1.54) is 0 Å². The van der Waals surface area contributed by atoms with Crippen molar-refractivity contribution in [2.75, 3.05) is 19.4 Å². The summed E-state index contributed by atoms with van der Waals surface area (Å²) in [6.45, 7) is 0.506. The van der Waals surface area contributed by atoms with Gasteiger partial charge in [-0.25, -0.2) is 8.42 Å². The summed E-state index contributed by atoms with van der Waals surface area (Å²) in [6.07, 6.45) is 3.37. The Balaban J connectivity index is 1.93. The van der Waals surface area contributed by atoms with Gasteiger partial charge in [0, 0.05) is 24.7 Å². The number of pyridine rings is 1. The van der Waals surface area contributed by atoms with E-state index in [1.54, 1.807) is 59.8 Å². The van der Waals surface area contributed by atoms with Gasteiger partial charge in [0.05, 0.1) is 17.4 Å². The lowest BCUT2D eigenvalue weighted by molar-refractivity contribution is 0.414. The number of nitrogens with zero attached hydrogens (tertiary/aromatic N) is 2. The van der Waals surface area contributed by atoms with E-state index in [-0.39, 0.29) is 10.3 Å². The number of methoxy groups -OCH3 is 1. The molecule has 5 nitrogen and oxygen atoms in total. The molecule has 22 heavy (non-hydrogen) atoms. The normalized spacial score (nSPS) is 19.2. The molecular weight excluding hydrogens is 320 g/mol. The third-order valence-corrected chi connectivity index (χ3v) is 6.78. The zero-order valence-electron chi connectivity index (χ0n) is 12.0. The first-order valence-corrected chi connectivity index (χ1v) is 9.29. The lowest BCUT2D eigenvalue weighted by atomic mass is 10.3. The van der Waals surface area contributed by atoms with Crippen LogP contribution in [0.2, 0.25) is 0 Å². The van der Waals surface area contributed by atoms with Gasteiger partial charge >= 0.3 is 0 Å². The lowest BCUT2D eigenvalue weighted by Gasteiger charge is -2.23. The van der Waals surface area contributed by atoms with Crippen LogP contribution in [0.25, 0.3) is 0 Å². The second-order valence-electron chi connectivity index (χ2n) is 4.79. The number of benzene rings is 1. The molecule has 1 atom stereocenters. The Kier molecular flexibility index (Phi) is 4.37. The fourth-order valence-corrected chi connectivity index (χ4v) is 5.62. The number of hydrogen-bond donors (Lipinski definition) is 0. The van der Waals surface area contributed by atoms with Gasteiger partial charge < -0.3 is 4.74 Å². The zero-order chi connectivity index (χ0) is 15.6. The summed E-state index contributed by atoms with van der Waals surface area (Å²) in [6, 6.07) is 10.2. The molecule has 1 aliphatic heterocycles. The van der Waals surface area contributed by atoms with Gasteiger partial charge in [0.1, 0.15) is 5.75 Å². The maximum absolute atomic E-state index is 12.9. The third kappa shape index (κ3) is 2.84. The number of thioether (sulfide) groups is 1. The van der Waals surface area contributed by atoms with Gasteiger partial charge in [0.15, 0.2) is 0 Å². The van der Waals surface area contributed by atoms with Gasteiger partial charge in [-0.3, -0.25) is 4.98 Å². The van der Waals surface area contributed by atoms with Crippen molar-refractivity contribution < 1.29 is 13.2 Å². The monoisotopic (exact) mass is 336 g/mol. The van der Waals surface area contributed by atoms with Crippen LogP contribution in [-0.4, -0.2) is 37.1 Å². The quantitative estimate of drug-likeness (QED) is 0.859. The van der Waals surface area contributed by atoms with E-state index in [1.807, 2.05) is 12.1 Å². The topological polar surface area (TPSA) is 59.5 Å². The van der Waals surface area contributed by atoms with Crippen LogP contribution < -0.4 is 4.74 Å². The highest BCUT2D eigenvalue weighted by atomic mass is 32.2. The molecule has 1 fully saturated rings. The van der Waals surface area contributed by atoms with Crippen LogP contribution in [0.5, 0.6) is 5.75 Å². The average Bonchev–Trinajstić information content (AvgIpc) is 3.06. The molecule has 0 bridgehead atoms. The van der Waals surface area contributed by atoms with Crippen LogP contribution in [0.4, 0.5) is 0 Å². The summed E-state index contributed by atoms with van der Waals surface area (Å²) in [5.74, 6) is 1.42. The standard InChI is InChI=1S/C15H16N2O3S2/c1-20-13-2-4-14(5-3-13)22(18,19)17-10-11-21-15(17)12-6-8-16-9-7-12/h2-9,15H,10-11H2,1H3. The Morgan fingerprint density at radius 1 is 1.18 bits per heavy atom. The highest BCUT2D eigenvalue weighted by molar-refractivity contribution is 8.01. The van der Waals surface area contributed by atoms with Gasteiger partial charge in [0.25, 0.3) is 0 Å². The first-order chi connectivity index (χ1) is 10.6. The largest absolute Gasteiger partial charge is 0.497 e. The molecule has 2 heterocycles. The molecule has 1 aromatic carbocycles. The molecule has 7 heteroatoms. The van der Waals surface area contributed by atoms with Crippen LogP contribution in [0.1, 0.15) is 10.9 Å². The van der Waals surface area contributed by atoms with E-state index < -0.39 is 10.0 Å². The van der Waals surface area contributed by atoms with E-state index in [2.05, 4.69) is 4.98 Å². The second-order valence-corrected chi connectivity index (χ2v) is 7.87. The Hall–Kier alpha value is -1.57. The summed E-state index contributed by atoms with van der Waals surface area (Å²) in [4.78, 5) is 4.28. The Morgan fingerprint density at radius 2 is 1.86 bits per heavy atom. The number of sulfonamides is 1. The molecule has 2 aromatic rings. The summed E-state index contributed by atoms with van der Waals surface area (Å²) in [7, 11) is -1.97. The van der Waals surface area contributed by atoms with Crippen LogP contribution in [-0.2, 0) is 10.0 Å². The van der Waals surface area contributed by atoms with Crippen LogP contribution >= 0.6 is 11.8 Å². The first kappa shape index (κ1) is 15.3. The minimum absolute atomic E-state index is 0.199. The molecule has 0 aliphatic carbocycles. The fourth-order valence-electron chi connectivity index (χ4n) is 2.37. The summed E-state index contributed by atoms with van der Waals surface area (Å²) in [5.41, 5.74) is 0.953. The summed E-state index contributed by atoms with van der Waals surface area (Å²) >= 11 is 1.63. The number of aromatic nitrogens is 1. The van der Waals surface area contributed by atoms with Crippen molar-refractivity contribution in [2.45, 2.75) is 10.3 Å². The predicted molar refractivity (Wildman–Crippen MR) is 86.3 cm³/mol. The minimum atomic E-state index is -3.52. The molecule has 1 saturated heterocycles. The minimum Gasteiger partial charge on any atom is -0.497 e. The Labute approximate surface area is 134 Å². The van der Waals surface area contributed by atoms with Crippen molar-refractivity contribution in [2.24, 2.45) is 0 Å². The van der Waals surface area contributed by atoms with E-state index in [9.17, 15) is 8.42 Å². The number of rotatable bonds is 4. The molecule has 1 unspecified atom stereocenters. The van der Waals surface area contributed by atoms with Crippen LogP contribution in [0, 0.1) is 0 Å². The Morgan fingerprint density at radius 3 is 2.50 bits per heavy atom. The predicted octanol–water partition coefficient (Wildman–Crippen LogP) is 2.53. The van der Waals surface area contributed by atoms with Gasteiger partial charge in [0.2, 0.25) is 10.0 Å². The van der Waals surface area contributed by atoms with Crippen LogP contribution in [0.15, 0.2) is 53.7 Å². The molecule has 0 amide bonds. The van der Waals surface area contributed by atoms with Crippen molar-refractivity contribution in [1.82, 2.24) is 9.29 Å². The molecular formula is C15H16N2O3S2. The van der Waals surface area contributed by atoms with Crippen molar-refractivity contribution in [3.63, 3.8) is 0 Å². The third-order valence-electron chi connectivity index (χ3n) is 3.51. The molecule has 1 aromatic heterocycles. The van der Waals surface area contributed by atoms with Gasteiger partial charge in [-0.2, -0.15) is 4.31 Å². The highest BCUT2D eigenvalue weighted by Crippen LogP contribution is 2.41. The molecule has 1 aliphatic rings. The van der Waals surface area contributed by atoms with E-state index in [0.717, 1.165) is 11.3 Å². The summed E-state index contributed by atoms with van der Waals surface area (Å²) in [5, 5.41) is -0.199. The van der Waals surface area contributed by atoms with E-state index in [4.69, 9.17) is 4.74 Å². The second kappa shape index (κ2) is 6.28. The van der Waals surface area contributed by atoms with Gasteiger partial charge in [-0.05, 0) is 42.0 Å². The molecule has 0 radical (unpaired) electrons. The van der Waals surface area contributed by atoms with Crippen molar-refractivity contribution in [3.8, 4) is 5.75 Å². The van der Waals surface area contributed by atoms with E-state index >= 15 is 0 Å². The van der Waals surface area contributed by atoms with Crippen molar-refractivity contribution in [3.05, 3.63) is 54.4 Å². The Bertz CT molecular complexity index is 733. The number of ether oxygens (including phenoxy) is 1. The zero-order valence-corrected chi connectivity index (χ0v) is 13.7. The number of hydrogen-bond acceptors (Lipinski definition) is 5. The van der Waals surface area contributed by atoms with Gasteiger partial charge in [-0.15, -0.1) is 11.8 Å². The molecule has 0 N–H and O–H groups in total. The van der Waals surface area contributed by atoms with Gasteiger partial charge in [-0.1, -0.05) is 0 Å². The van der Waals surface area contributed by atoms with E-state index in [0.29, 0.717) is 12.3 Å². The average molecular weight is 336 g/mol. The van der Waals surface area contributed by atoms with Crippen molar-refractivity contribution >= 4 is 21.8 Å². The molecule has 0 saturated carbocycles. The fraction of sp³-hybridized carbons (Fsp3) is 0.267. The molecule has 116 valence electrons. The smallest absolute Gasteiger partial charge is 0.244 e. The lowest BCUT2D eigenvalue weighted by Crippen LogP contribution is -2.30. The molecule has 0 spiro atoms. The summed E-state index contributed by atoms with van der Waals surface area (Å²) < 4.78 is 32.4. The highest BCUT2D eigenvalue weighted by Gasteiger charge is 2.36. The maximum atomic E-state index is 12.9.